The van der Waals surface area contributed by atoms with Crippen LogP contribution in [0.5, 0.6) is 0 Å². The second-order valence-corrected chi connectivity index (χ2v) is 5.32. The van der Waals surface area contributed by atoms with Crippen LogP contribution in [0.15, 0.2) is 23.1 Å². The molecule has 1 unspecified atom stereocenters. The van der Waals surface area contributed by atoms with Crippen molar-refractivity contribution in [1.29, 1.82) is 0 Å². The molecule has 1 atom stereocenters. The minimum absolute atomic E-state index is 0.0521. The van der Waals surface area contributed by atoms with Crippen LogP contribution in [-0.2, 0) is 4.79 Å². The Labute approximate surface area is 104 Å². The maximum atomic E-state index is 12.9. The van der Waals surface area contributed by atoms with E-state index in [0.717, 1.165) is 30.7 Å². The van der Waals surface area contributed by atoms with E-state index in [1.54, 1.807) is 6.07 Å². The molecule has 2 rings (SSSR count). The second-order valence-electron chi connectivity index (χ2n) is 4.08. The van der Waals surface area contributed by atoms with Crippen LogP contribution in [0.2, 0.25) is 0 Å². The lowest BCUT2D eigenvalue weighted by Crippen LogP contribution is -2.30. The van der Waals surface area contributed by atoms with Gasteiger partial charge in [-0.25, -0.2) is 4.39 Å². The zero-order chi connectivity index (χ0) is 12.3. The lowest BCUT2D eigenvalue weighted by Gasteiger charge is -2.13. The molecule has 1 aromatic rings. The summed E-state index contributed by atoms with van der Waals surface area (Å²) < 4.78 is 12.9. The molecule has 5 heteroatoms. The number of hydrogen-bond acceptors (Lipinski definition) is 3. The molecule has 1 amide bonds. The van der Waals surface area contributed by atoms with Gasteiger partial charge in [0.2, 0.25) is 5.91 Å². The number of anilines is 1. The summed E-state index contributed by atoms with van der Waals surface area (Å²) in [6, 6.07) is 4.29. The van der Waals surface area contributed by atoms with E-state index in [1.807, 2.05) is 0 Å². The van der Waals surface area contributed by atoms with Gasteiger partial charge in [-0.15, -0.1) is 11.8 Å². The molecule has 1 fully saturated rings. The van der Waals surface area contributed by atoms with Gasteiger partial charge in [-0.2, -0.15) is 0 Å². The molecule has 0 bridgehead atoms. The second kappa shape index (κ2) is 5.40. The highest BCUT2D eigenvalue weighted by Gasteiger charge is 2.22. The van der Waals surface area contributed by atoms with E-state index in [9.17, 15) is 9.18 Å². The van der Waals surface area contributed by atoms with E-state index in [4.69, 9.17) is 5.73 Å². The van der Waals surface area contributed by atoms with Crippen molar-refractivity contribution in [2.45, 2.75) is 29.4 Å². The van der Waals surface area contributed by atoms with Gasteiger partial charge in [0.05, 0.1) is 5.25 Å². The molecule has 1 aliphatic rings. The summed E-state index contributed by atoms with van der Waals surface area (Å²) in [6.45, 7) is 0.745. The molecular weight excluding hydrogens is 239 g/mol. The van der Waals surface area contributed by atoms with Crippen LogP contribution in [0.1, 0.15) is 19.3 Å². The predicted octanol–water partition coefficient (Wildman–Crippen LogP) is 2.17. The summed E-state index contributed by atoms with van der Waals surface area (Å²) in [7, 11) is 0. The first kappa shape index (κ1) is 12.2. The third-order valence-corrected chi connectivity index (χ3v) is 4.09. The summed E-state index contributed by atoms with van der Waals surface area (Å²) in [5, 5.41) is 2.75. The molecule has 0 aliphatic carbocycles. The van der Waals surface area contributed by atoms with Crippen molar-refractivity contribution < 1.29 is 9.18 Å². The molecule has 92 valence electrons. The van der Waals surface area contributed by atoms with E-state index >= 15 is 0 Å². The minimum atomic E-state index is -0.350. The number of benzene rings is 1. The van der Waals surface area contributed by atoms with E-state index in [-0.39, 0.29) is 17.0 Å². The molecule has 1 saturated heterocycles. The summed E-state index contributed by atoms with van der Waals surface area (Å²) in [6.07, 6.45) is 2.88. The average molecular weight is 254 g/mol. The largest absolute Gasteiger partial charge is 0.398 e. The zero-order valence-corrected chi connectivity index (χ0v) is 10.2. The van der Waals surface area contributed by atoms with Crippen LogP contribution in [0.25, 0.3) is 0 Å². The fraction of sp³-hybridized carbons (Fsp3) is 0.417. The Kier molecular flexibility index (Phi) is 3.89. The third-order valence-electron chi connectivity index (χ3n) is 2.73. The third kappa shape index (κ3) is 3.12. The molecule has 3 nitrogen and oxygen atoms in total. The summed E-state index contributed by atoms with van der Waals surface area (Å²) >= 11 is 1.42. The molecule has 1 aliphatic heterocycles. The highest BCUT2D eigenvalue weighted by molar-refractivity contribution is 8.00. The molecule has 0 saturated carbocycles. The van der Waals surface area contributed by atoms with Crippen molar-refractivity contribution in [3.8, 4) is 0 Å². The average Bonchev–Trinajstić information content (AvgIpc) is 2.48. The number of halogens is 1. The molecule has 17 heavy (non-hydrogen) atoms. The molecular formula is C12H15FN2OS. The quantitative estimate of drug-likeness (QED) is 0.795. The monoisotopic (exact) mass is 254 g/mol. The van der Waals surface area contributed by atoms with Crippen LogP contribution in [0, 0.1) is 5.82 Å². The maximum absolute atomic E-state index is 12.9. The van der Waals surface area contributed by atoms with Gasteiger partial charge < -0.3 is 11.1 Å². The van der Waals surface area contributed by atoms with E-state index in [2.05, 4.69) is 5.32 Å². The molecule has 0 radical (unpaired) electrons. The van der Waals surface area contributed by atoms with Gasteiger partial charge in [0, 0.05) is 17.1 Å². The molecule has 1 heterocycles. The topological polar surface area (TPSA) is 55.1 Å². The molecule has 0 aromatic heterocycles. The zero-order valence-electron chi connectivity index (χ0n) is 9.41. The van der Waals surface area contributed by atoms with Crippen LogP contribution < -0.4 is 11.1 Å². The summed E-state index contributed by atoms with van der Waals surface area (Å²) in [5.41, 5.74) is 6.13. The fourth-order valence-corrected chi connectivity index (χ4v) is 2.93. The smallest absolute Gasteiger partial charge is 0.233 e. The lowest BCUT2D eigenvalue weighted by atomic mass is 10.2. The van der Waals surface area contributed by atoms with Crippen molar-refractivity contribution in [2.75, 3.05) is 12.3 Å². The Balaban J connectivity index is 2.10. The van der Waals surface area contributed by atoms with Crippen LogP contribution in [0.3, 0.4) is 0 Å². The normalized spacial score (nSPS) is 20.8. The standard InChI is InChI=1S/C12H15FN2OS/c13-8-4-5-10(9(14)7-8)17-11-3-1-2-6-15-12(11)16/h4-5,7,11H,1-3,6,14H2,(H,15,16). The number of carbonyl (C=O) groups is 1. The number of nitrogens with one attached hydrogen (secondary N) is 1. The molecule has 1 aromatic carbocycles. The van der Waals surface area contributed by atoms with Crippen molar-refractivity contribution >= 4 is 23.4 Å². The number of carbonyl (C=O) groups excluding carboxylic acids is 1. The SMILES string of the molecule is Nc1cc(F)ccc1SC1CCCCNC1=O. The lowest BCUT2D eigenvalue weighted by molar-refractivity contribution is -0.120. The fourth-order valence-electron chi connectivity index (χ4n) is 1.80. The number of hydrogen-bond donors (Lipinski definition) is 2. The Hall–Kier alpha value is -1.23. The first-order valence-corrected chi connectivity index (χ1v) is 6.54. The number of nitrogens with two attached hydrogens (primary N) is 1. The van der Waals surface area contributed by atoms with Crippen molar-refractivity contribution in [1.82, 2.24) is 5.32 Å². The van der Waals surface area contributed by atoms with Crippen LogP contribution in [-0.4, -0.2) is 17.7 Å². The van der Waals surface area contributed by atoms with E-state index < -0.39 is 0 Å². The minimum Gasteiger partial charge on any atom is -0.398 e. The summed E-state index contributed by atoms with van der Waals surface area (Å²) in [5.74, 6) is -0.298. The van der Waals surface area contributed by atoms with Crippen LogP contribution >= 0.6 is 11.8 Å². The van der Waals surface area contributed by atoms with Gasteiger partial charge in [-0.3, -0.25) is 4.79 Å². The predicted molar refractivity (Wildman–Crippen MR) is 67.3 cm³/mol. The van der Waals surface area contributed by atoms with Crippen LogP contribution in [0.4, 0.5) is 10.1 Å². The van der Waals surface area contributed by atoms with Gasteiger partial charge in [0.15, 0.2) is 0 Å². The maximum Gasteiger partial charge on any atom is 0.233 e. The highest BCUT2D eigenvalue weighted by atomic mass is 32.2. The Morgan fingerprint density at radius 1 is 1.41 bits per heavy atom. The summed E-state index contributed by atoms with van der Waals surface area (Å²) in [4.78, 5) is 12.5. The van der Waals surface area contributed by atoms with Gasteiger partial charge in [0.25, 0.3) is 0 Å². The first-order chi connectivity index (χ1) is 8.16. The Bertz CT molecular complexity index is 425. The number of nitrogen functional groups attached to an aromatic ring is 1. The van der Waals surface area contributed by atoms with Crippen molar-refractivity contribution in [3.05, 3.63) is 24.0 Å². The Morgan fingerprint density at radius 2 is 2.24 bits per heavy atom. The number of amides is 1. The van der Waals surface area contributed by atoms with Crippen molar-refractivity contribution in [3.63, 3.8) is 0 Å². The highest BCUT2D eigenvalue weighted by Crippen LogP contribution is 2.32. The Morgan fingerprint density at radius 3 is 3.00 bits per heavy atom. The number of rotatable bonds is 2. The van der Waals surface area contributed by atoms with Gasteiger partial charge in [-0.05, 0) is 31.0 Å². The van der Waals surface area contributed by atoms with E-state index in [0.29, 0.717) is 5.69 Å². The first-order valence-electron chi connectivity index (χ1n) is 5.66. The van der Waals surface area contributed by atoms with Gasteiger partial charge in [-0.1, -0.05) is 6.42 Å². The van der Waals surface area contributed by atoms with Crippen molar-refractivity contribution in [2.24, 2.45) is 0 Å². The van der Waals surface area contributed by atoms with Gasteiger partial charge >= 0.3 is 0 Å². The number of thioether (sulfide) groups is 1. The molecule has 3 N–H and O–H groups in total. The van der Waals surface area contributed by atoms with E-state index in [1.165, 1.54) is 23.9 Å². The molecule has 0 spiro atoms. The van der Waals surface area contributed by atoms with Gasteiger partial charge in [0.1, 0.15) is 5.82 Å².